The lowest BCUT2D eigenvalue weighted by Crippen LogP contribution is -2.24. The molecule has 4 nitrogen and oxygen atoms in total. The van der Waals surface area contributed by atoms with E-state index in [1.54, 1.807) is 4.68 Å². The molecule has 0 amide bonds. The van der Waals surface area contributed by atoms with Crippen LogP contribution >= 0.6 is 11.6 Å². The van der Waals surface area contributed by atoms with E-state index in [2.05, 4.69) is 5.10 Å². The Kier molecular flexibility index (Phi) is 4.50. The lowest BCUT2D eigenvalue weighted by Gasteiger charge is -2.09. The minimum absolute atomic E-state index is 0.154. The van der Waals surface area contributed by atoms with E-state index >= 15 is 0 Å². The van der Waals surface area contributed by atoms with Crippen LogP contribution in [0.1, 0.15) is 18.3 Å². The molecule has 0 atom stereocenters. The summed E-state index contributed by atoms with van der Waals surface area (Å²) in [6.45, 7) is 5.01. The Hall–Kier alpha value is -0.870. The molecule has 1 rings (SSSR count). The van der Waals surface area contributed by atoms with Gasteiger partial charge in [-0.3, -0.25) is 9.48 Å². The predicted molar refractivity (Wildman–Crippen MR) is 64.9 cm³/mol. The van der Waals surface area contributed by atoms with Gasteiger partial charge in [-0.25, -0.2) is 0 Å². The third-order valence-corrected chi connectivity index (χ3v) is 2.80. The van der Waals surface area contributed by atoms with Gasteiger partial charge < -0.3 is 4.90 Å². The summed E-state index contributed by atoms with van der Waals surface area (Å²) < 4.78 is 1.80. The highest BCUT2D eigenvalue weighted by Crippen LogP contribution is 2.20. The van der Waals surface area contributed by atoms with Crippen molar-refractivity contribution in [2.24, 2.45) is 0 Å². The number of rotatable bonds is 5. The molecule has 16 heavy (non-hydrogen) atoms. The number of likely N-dealkylation sites (N-methyl/N-ethyl adjacent to an activating group) is 1. The SMILES string of the molecule is CCn1nc(C)c(Cl)c1CC(=O)CN(C)C. The maximum Gasteiger partial charge on any atom is 0.152 e. The summed E-state index contributed by atoms with van der Waals surface area (Å²) >= 11 is 6.12. The Morgan fingerprint density at radius 3 is 2.62 bits per heavy atom. The Morgan fingerprint density at radius 2 is 2.12 bits per heavy atom. The van der Waals surface area contributed by atoms with Gasteiger partial charge in [0, 0.05) is 6.54 Å². The summed E-state index contributed by atoms with van der Waals surface area (Å²) in [5.41, 5.74) is 1.62. The third-order valence-electron chi connectivity index (χ3n) is 2.31. The van der Waals surface area contributed by atoms with Crippen LogP contribution < -0.4 is 0 Å². The van der Waals surface area contributed by atoms with Gasteiger partial charge in [0.1, 0.15) is 0 Å². The van der Waals surface area contributed by atoms with E-state index in [1.807, 2.05) is 32.8 Å². The second-order valence-corrected chi connectivity index (χ2v) is 4.49. The predicted octanol–water partition coefficient (Wildman–Crippen LogP) is 1.54. The summed E-state index contributed by atoms with van der Waals surface area (Å²) in [7, 11) is 3.75. The fourth-order valence-electron chi connectivity index (χ4n) is 1.63. The van der Waals surface area contributed by atoms with Gasteiger partial charge in [0.05, 0.1) is 29.4 Å². The van der Waals surface area contributed by atoms with Crippen molar-refractivity contribution in [1.82, 2.24) is 14.7 Å². The van der Waals surface area contributed by atoms with Crippen LogP contribution in [0.2, 0.25) is 5.02 Å². The Labute approximate surface area is 101 Å². The smallest absolute Gasteiger partial charge is 0.152 e. The molecule has 0 aromatic carbocycles. The molecular formula is C11H18ClN3O. The molecule has 0 spiro atoms. The van der Waals surface area contributed by atoms with Gasteiger partial charge in [0.25, 0.3) is 0 Å². The minimum atomic E-state index is 0.154. The number of nitrogens with zero attached hydrogens (tertiary/aromatic N) is 3. The van der Waals surface area contributed by atoms with Crippen LogP contribution in [0.15, 0.2) is 0 Å². The summed E-state index contributed by atoms with van der Waals surface area (Å²) in [5.74, 6) is 0.154. The van der Waals surface area contributed by atoms with Crippen molar-refractivity contribution in [1.29, 1.82) is 0 Å². The van der Waals surface area contributed by atoms with E-state index in [1.165, 1.54) is 0 Å². The first-order chi connectivity index (χ1) is 7.45. The molecule has 0 saturated heterocycles. The topological polar surface area (TPSA) is 38.1 Å². The molecule has 1 aromatic rings. The molecule has 0 unspecified atom stereocenters. The molecule has 0 saturated carbocycles. The number of hydrogen-bond donors (Lipinski definition) is 0. The first-order valence-corrected chi connectivity index (χ1v) is 5.71. The van der Waals surface area contributed by atoms with Gasteiger partial charge >= 0.3 is 0 Å². The van der Waals surface area contributed by atoms with E-state index in [0.717, 1.165) is 17.9 Å². The monoisotopic (exact) mass is 243 g/mol. The molecule has 0 N–H and O–H groups in total. The number of carbonyl (C=O) groups is 1. The minimum Gasteiger partial charge on any atom is -0.302 e. The lowest BCUT2D eigenvalue weighted by molar-refractivity contribution is -0.119. The summed E-state index contributed by atoms with van der Waals surface area (Å²) in [6.07, 6.45) is 0.353. The van der Waals surface area contributed by atoms with Crippen LogP contribution in [0.3, 0.4) is 0 Å². The highest BCUT2D eigenvalue weighted by Gasteiger charge is 2.15. The number of carbonyl (C=O) groups excluding carboxylic acids is 1. The average Bonchev–Trinajstić information content (AvgIpc) is 2.44. The van der Waals surface area contributed by atoms with Crippen LogP contribution in [0, 0.1) is 6.92 Å². The molecule has 90 valence electrons. The molecule has 0 radical (unpaired) electrons. The number of ketones is 1. The van der Waals surface area contributed by atoms with Crippen LogP contribution in [-0.4, -0.2) is 41.1 Å². The maximum absolute atomic E-state index is 11.7. The summed E-state index contributed by atoms with van der Waals surface area (Å²) in [5, 5.41) is 4.90. The summed E-state index contributed by atoms with van der Waals surface area (Å²) in [6, 6.07) is 0. The number of hydrogen-bond acceptors (Lipinski definition) is 3. The second kappa shape index (κ2) is 5.46. The third kappa shape index (κ3) is 3.06. The molecule has 1 heterocycles. The summed E-state index contributed by atoms with van der Waals surface area (Å²) in [4.78, 5) is 13.6. The van der Waals surface area contributed by atoms with Crippen molar-refractivity contribution in [2.45, 2.75) is 26.8 Å². The zero-order valence-corrected chi connectivity index (χ0v) is 11.0. The Balaban J connectivity index is 2.83. The number of aryl methyl sites for hydroxylation is 2. The van der Waals surface area contributed by atoms with Crippen LogP contribution in [-0.2, 0) is 17.8 Å². The molecule has 0 aliphatic carbocycles. The Morgan fingerprint density at radius 1 is 1.50 bits per heavy atom. The van der Waals surface area contributed by atoms with Crippen molar-refractivity contribution in [3.05, 3.63) is 16.4 Å². The Bertz CT molecular complexity index is 385. The largest absolute Gasteiger partial charge is 0.302 e. The number of halogens is 1. The van der Waals surface area contributed by atoms with Gasteiger partial charge in [-0.05, 0) is 27.9 Å². The van der Waals surface area contributed by atoms with E-state index < -0.39 is 0 Å². The molecule has 0 aliphatic rings. The maximum atomic E-state index is 11.7. The van der Waals surface area contributed by atoms with Crippen LogP contribution in [0.25, 0.3) is 0 Å². The van der Waals surface area contributed by atoms with E-state index in [9.17, 15) is 4.79 Å². The van der Waals surface area contributed by atoms with Gasteiger partial charge in [0.2, 0.25) is 0 Å². The van der Waals surface area contributed by atoms with E-state index in [-0.39, 0.29) is 5.78 Å². The van der Waals surface area contributed by atoms with Gasteiger partial charge in [0.15, 0.2) is 5.78 Å². The van der Waals surface area contributed by atoms with Crippen molar-refractivity contribution in [3.8, 4) is 0 Å². The van der Waals surface area contributed by atoms with Crippen molar-refractivity contribution in [2.75, 3.05) is 20.6 Å². The molecule has 0 aliphatic heterocycles. The number of aromatic nitrogens is 2. The normalized spacial score (nSPS) is 11.1. The quantitative estimate of drug-likeness (QED) is 0.788. The van der Waals surface area contributed by atoms with E-state index in [4.69, 9.17) is 11.6 Å². The van der Waals surface area contributed by atoms with E-state index in [0.29, 0.717) is 18.0 Å². The molecular weight excluding hydrogens is 226 g/mol. The number of Topliss-reactive ketones (excluding diaryl/α,β-unsaturated/α-hetero) is 1. The van der Waals surface area contributed by atoms with Crippen molar-refractivity contribution < 1.29 is 4.79 Å². The van der Waals surface area contributed by atoms with Crippen LogP contribution in [0.4, 0.5) is 0 Å². The highest BCUT2D eigenvalue weighted by atomic mass is 35.5. The van der Waals surface area contributed by atoms with Crippen molar-refractivity contribution >= 4 is 17.4 Å². The molecule has 1 aromatic heterocycles. The van der Waals surface area contributed by atoms with Gasteiger partial charge in [-0.1, -0.05) is 11.6 Å². The second-order valence-electron chi connectivity index (χ2n) is 4.12. The standard InChI is InChI=1S/C11H18ClN3O/c1-5-15-10(11(12)8(2)13-15)6-9(16)7-14(3)4/h5-7H2,1-4H3. The van der Waals surface area contributed by atoms with Crippen molar-refractivity contribution in [3.63, 3.8) is 0 Å². The van der Waals surface area contributed by atoms with Gasteiger partial charge in [-0.2, -0.15) is 5.10 Å². The molecule has 0 bridgehead atoms. The van der Waals surface area contributed by atoms with Crippen LogP contribution in [0.5, 0.6) is 0 Å². The fraction of sp³-hybridized carbons (Fsp3) is 0.636. The van der Waals surface area contributed by atoms with Gasteiger partial charge in [-0.15, -0.1) is 0 Å². The molecule has 0 fully saturated rings. The zero-order chi connectivity index (χ0) is 12.3. The first kappa shape index (κ1) is 13.2. The average molecular weight is 244 g/mol. The first-order valence-electron chi connectivity index (χ1n) is 5.33. The lowest BCUT2D eigenvalue weighted by atomic mass is 10.2. The highest BCUT2D eigenvalue weighted by molar-refractivity contribution is 6.32. The molecule has 5 heteroatoms. The zero-order valence-electron chi connectivity index (χ0n) is 10.2. The fourth-order valence-corrected chi connectivity index (χ4v) is 1.84.